The molecule has 1 saturated heterocycles. The highest BCUT2D eigenvalue weighted by molar-refractivity contribution is 5.98. The fourth-order valence-electron chi connectivity index (χ4n) is 1.89. The van der Waals surface area contributed by atoms with E-state index in [9.17, 15) is 9.59 Å². The van der Waals surface area contributed by atoms with Gasteiger partial charge in [0.1, 0.15) is 5.70 Å². The van der Waals surface area contributed by atoms with E-state index >= 15 is 0 Å². The molecule has 0 saturated carbocycles. The summed E-state index contributed by atoms with van der Waals surface area (Å²) >= 11 is 0. The van der Waals surface area contributed by atoms with Crippen molar-refractivity contribution in [3.05, 3.63) is 11.3 Å². The lowest BCUT2D eigenvalue weighted by molar-refractivity contribution is -0.147. The SMILES string of the molecule is CC1=C(C(=O)O)N2C(=O)CC2C1. The molecule has 0 aliphatic carbocycles. The molecule has 2 rings (SSSR count). The van der Waals surface area contributed by atoms with Crippen molar-refractivity contribution >= 4 is 11.9 Å². The molecule has 12 heavy (non-hydrogen) atoms. The highest BCUT2D eigenvalue weighted by Crippen LogP contribution is 2.37. The molecule has 2 heterocycles. The minimum atomic E-state index is -0.983. The number of hydrogen-bond acceptors (Lipinski definition) is 2. The van der Waals surface area contributed by atoms with Crippen LogP contribution in [-0.4, -0.2) is 27.9 Å². The summed E-state index contributed by atoms with van der Waals surface area (Å²) in [5.74, 6) is -1.04. The Hall–Kier alpha value is -1.32. The van der Waals surface area contributed by atoms with Crippen LogP contribution >= 0.6 is 0 Å². The van der Waals surface area contributed by atoms with Crippen LogP contribution < -0.4 is 0 Å². The summed E-state index contributed by atoms with van der Waals surface area (Å²) in [5.41, 5.74) is 1.02. The van der Waals surface area contributed by atoms with Gasteiger partial charge in [-0.3, -0.25) is 4.79 Å². The molecule has 0 bridgehead atoms. The predicted molar refractivity (Wildman–Crippen MR) is 40.2 cm³/mol. The number of hydrogen-bond donors (Lipinski definition) is 1. The lowest BCUT2D eigenvalue weighted by atomic mass is 10.0. The van der Waals surface area contributed by atoms with Gasteiger partial charge in [-0.25, -0.2) is 4.79 Å². The number of amides is 1. The summed E-state index contributed by atoms with van der Waals surface area (Å²) in [6.07, 6.45) is 1.24. The van der Waals surface area contributed by atoms with Crippen molar-refractivity contribution in [1.29, 1.82) is 0 Å². The van der Waals surface area contributed by atoms with Gasteiger partial charge >= 0.3 is 5.97 Å². The molecular weight excluding hydrogens is 158 g/mol. The summed E-state index contributed by atoms with van der Waals surface area (Å²) < 4.78 is 0. The number of fused-ring (bicyclic) bond motifs is 1. The monoisotopic (exact) mass is 167 g/mol. The van der Waals surface area contributed by atoms with Crippen LogP contribution in [0, 0.1) is 0 Å². The lowest BCUT2D eigenvalue weighted by Crippen LogP contribution is -2.49. The second-order valence-corrected chi connectivity index (χ2v) is 3.26. The standard InChI is InChI=1S/C8H9NO3/c1-4-2-5-3-6(10)9(5)7(4)8(11)12/h5H,2-3H2,1H3,(H,11,12). The topological polar surface area (TPSA) is 57.6 Å². The maximum Gasteiger partial charge on any atom is 0.352 e. The number of carbonyl (C=O) groups is 2. The molecule has 2 aliphatic heterocycles. The van der Waals surface area contributed by atoms with Crippen LogP contribution in [0.15, 0.2) is 11.3 Å². The molecule has 2 aliphatic rings. The van der Waals surface area contributed by atoms with Crippen LogP contribution in [-0.2, 0) is 9.59 Å². The zero-order valence-corrected chi connectivity index (χ0v) is 6.70. The molecule has 64 valence electrons. The fourth-order valence-corrected chi connectivity index (χ4v) is 1.89. The van der Waals surface area contributed by atoms with Gasteiger partial charge in [0.15, 0.2) is 0 Å². The molecule has 0 aromatic heterocycles. The first kappa shape index (κ1) is 7.34. The Balaban J connectivity index is 2.34. The van der Waals surface area contributed by atoms with E-state index in [0.29, 0.717) is 6.42 Å². The van der Waals surface area contributed by atoms with E-state index in [4.69, 9.17) is 5.11 Å². The number of carbonyl (C=O) groups excluding carboxylic acids is 1. The van der Waals surface area contributed by atoms with Crippen LogP contribution in [0.2, 0.25) is 0 Å². The van der Waals surface area contributed by atoms with Gasteiger partial charge < -0.3 is 10.0 Å². The third kappa shape index (κ3) is 0.719. The van der Waals surface area contributed by atoms with Crippen molar-refractivity contribution in [3.63, 3.8) is 0 Å². The van der Waals surface area contributed by atoms with Crippen molar-refractivity contribution in [1.82, 2.24) is 4.90 Å². The molecule has 4 nitrogen and oxygen atoms in total. The smallest absolute Gasteiger partial charge is 0.352 e. The van der Waals surface area contributed by atoms with Gasteiger partial charge in [0.25, 0.3) is 0 Å². The van der Waals surface area contributed by atoms with E-state index in [2.05, 4.69) is 0 Å². The molecule has 4 heteroatoms. The normalized spacial score (nSPS) is 27.2. The van der Waals surface area contributed by atoms with Gasteiger partial charge in [-0.1, -0.05) is 0 Å². The number of carboxylic acids is 1. The first-order chi connectivity index (χ1) is 5.61. The Bertz CT molecular complexity index is 305. The number of aliphatic carboxylic acids is 1. The van der Waals surface area contributed by atoms with Gasteiger partial charge in [0, 0.05) is 12.5 Å². The number of nitrogens with zero attached hydrogens (tertiary/aromatic N) is 1. The second-order valence-electron chi connectivity index (χ2n) is 3.26. The molecule has 1 atom stereocenters. The Morgan fingerprint density at radius 1 is 1.58 bits per heavy atom. The van der Waals surface area contributed by atoms with Crippen LogP contribution in [0.5, 0.6) is 0 Å². The van der Waals surface area contributed by atoms with E-state index in [1.807, 2.05) is 0 Å². The van der Waals surface area contributed by atoms with E-state index in [1.54, 1.807) is 6.92 Å². The first-order valence-corrected chi connectivity index (χ1v) is 3.86. The molecule has 1 N–H and O–H groups in total. The lowest BCUT2D eigenvalue weighted by Gasteiger charge is -2.35. The number of β-lactam (4-membered cyclic amide) rings is 1. The van der Waals surface area contributed by atoms with E-state index in [1.165, 1.54) is 4.90 Å². The van der Waals surface area contributed by atoms with Crippen molar-refractivity contribution in [2.75, 3.05) is 0 Å². The Labute approximate surface area is 69.5 Å². The maximum atomic E-state index is 11.0. The molecule has 0 spiro atoms. The molecule has 1 fully saturated rings. The van der Waals surface area contributed by atoms with Crippen LogP contribution in [0.3, 0.4) is 0 Å². The average molecular weight is 167 g/mol. The van der Waals surface area contributed by atoms with Crippen LogP contribution in [0.4, 0.5) is 0 Å². The minimum absolute atomic E-state index is 0.0609. The minimum Gasteiger partial charge on any atom is -0.477 e. The van der Waals surface area contributed by atoms with Crippen LogP contribution in [0.25, 0.3) is 0 Å². The van der Waals surface area contributed by atoms with E-state index in [0.717, 1.165) is 12.0 Å². The molecule has 1 unspecified atom stereocenters. The first-order valence-electron chi connectivity index (χ1n) is 3.86. The van der Waals surface area contributed by atoms with Gasteiger partial charge in [0.05, 0.1) is 0 Å². The molecule has 0 radical (unpaired) electrons. The molecular formula is C8H9NO3. The number of carboxylic acid groups (broad SMARTS) is 1. The van der Waals surface area contributed by atoms with Gasteiger partial charge in [-0.05, 0) is 18.9 Å². The highest BCUT2D eigenvalue weighted by atomic mass is 16.4. The summed E-state index contributed by atoms with van der Waals surface area (Å²) in [6, 6.07) is 0.142. The maximum absolute atomic E-state index is 11.0. The zero-order chi connectivity index (χ0) is 8.88. The highest BCUT2D eigenvalue weighted by Gasteiger charge is 2.46. The molecule has 1 amide bonds. The third-order valence-electron chi connectivity index (χ3n) is 2.43. The zero-order valence-electron chi connectivity index (χ0n) is 6.70. The van der Waals surface area contributed by atoms with E-state index < -0.39 is 5.97 Å². The summed E-state index contributed by atoms with van der Waals surface area (Å²) in [5, 5.41) is 8.77. The quantitative estimate of drug-likeness (QED) is 0.573. The van der Waals surface area contributed by atoms with Crippen molar-refractivity contribution in [2.24, 2.45) is 0 Å². The second kappa shape index (κ2) is 2.09. The fraction of sp³-hybridized carbons (Fsp3) is 0.500. The van der Waals surface area contributed by atoms with Gasteiger partial charge in [-0.2, -0.15) is 0 Å². The Kier molecular flexibility index (Phi) is 1.28. The van der Waals surface area contributed by atoms with Crippen molar-refractivity contribution in [3.8, 4) is 0 Å². The van der Waals surface area contributed by atoms with Crippen molar-refractivity contribution < 1.29 is 14.7 Å². The molecule has 0 aromatic carbocycles. The van der Waals surface area contributed by atoms with Gasteiger partial charge in [-0.15, -0.1) is 0 Å². The summed E-state index contributed by atoms with van der Waals surface area (Å²) in [4.78, 5) is 23.1. The Morgan fingerprint density at radius 3 is 2.67 bits per heavy atom. The summed E-state index contributed by atoms with van der Waals surface area (Å²) in [7, 11) is 0. The third-order valence-corrected chi connectivity index (χ3v) is 2.43. The van der Waals surface area contributed by atoms with Crippen molar-refractivity contribution in [2.45, 2.75) is 25.8 Å². The van der Waals surface area contributed by atoms with Gasteiger partial charge in [0.2, 0.25) is 5.91 Å². The predicted octanol–water partition coefficient (Wildman–Crippen LogP) is 0.350. The van der Waals surface area contributed by atoms with Crippen LogP contribution in [0.1, 0.15) is 19.8 Å². The average Bonchev–Trinajstić information content (AvgIpc) is 2.22. The largest absolute Gasteiger partial charge is 0.477 e. The Morgan fingerprint density at radius 2 is 2.25 bits per heavy atom. The summed E-state index contributed by atoms with van der Waals surface area (Å²) in [6.45, 7) is 1.77. The molecule has 0 aromatic rings. The van der Waals surface area contributed by atoms with E-state index in [-0.39, 0.29) is 17.6 Å². The number of rotatable bonds is 1.